The van der Waals surface area contributed by atoms with Crippen molar-refractivity contribution in [2.75, 3.05) is 13.2 Å². The smallest absolute Gasteiger partial charge is 0.333 e. The topological polar surface area (TPSA) is 105 Å². The maximum Gasteiger partial charge on any atom is 0.333 e. The van der Waals surface area contributed by atoms with Crippen molar-refractivity contribution in [3.63, 3.8) is 0 Å². The summed E-state index contributed by atoms with van der Waals surface area (Å²) in [5, 5.41) is 0. The van der Waals surface area contributed by atoms with Crippen LogP contribution in [-0.4, -0.2) is 49.3 Å². The second-order valence-electron chi connectivity index (χ2n) is 6.21. The van der Waals surface area contributed by atoms with Gasteiger partial charge in [0, 0.05) is 22.3 Å². The lowest BCUT2D eigenvalue weighted by Crippen LogP contribution is -2.42. The van der Waals surface area contributed by atoms with Crippen LogP contribution in [0.4, 0.5) is 0 Å². The van der Waals surface area contributed by atoms with Crippen molar-refractivity contribution in [1.29, 1.82) is 0 Å². The Morgan fingerprint density at radius 3 is 1.04 bits per heavy atom. The molecule has 0 radical (unpaired) electrons. The second-order valence-corrected chi connectivity index (χ2v) is 6.21. The lowest BCUT2D eigenvalue weighted by molar-refractivity contribution is -0.177. The van der Waals surface area contributed by atoms with Crippen molar-refractivity contribution in [1.82, 2.24) is 0 Å². The molecule has 0 aliphatic carbocycles. The maximum absolute atomic E-state index is 11.9. The number of esters is 4. The first-order valence-corrected chi connectivity index (χ1v) is 8.25. The Labute approximate surface area is 164 Å². The van der Waals surface area contributed by atoms with Crippen molar-refractivity contribution < 1.29 is 38.1 Å². The third-order valence-electron chi connectivity index (χ3n) is 3.08. The van der Waals surface area contributed by atoms with Gasteiger partial charge >= 0.3 is 23.9 Å². The summed E-state index contributed by atoms with van der Waals surface area (Å²) in [5.74, 6) is -3.08. The van der Waals surface area contributed by atoms with E-state index in [4.69, 9.17) is 18.9 Å². The normalized spacial score (nSPS) is 12.0. The quantitative estimate of drug-likeness (QED) is 0.298. The molecule has 0 aromatic rings. The van der Waals surface area contributed by atoms with Gasteiger partial charge in [0.05, 0.1) is 0 Å². The van der Waals surface area contributed by atoms with Crippen LogP contribution in [0.1, 0.15) is 27.7 Å². The minimum absolute atomic E-state index is 0.0696. The highest BCUT2D eigenvalue weighted by molar-refractivity contribution is 5.89. The van der Waals surface area contributed by atoms with E-state index in [1.165, 1.54) is 27.7 Å². The van der Waals surface area contributed by atoms with E-state index < -0.39 is 49.3 Å². The number of rotatable bonds is 11. The van der Waals surface area contributed by atoms with Crippen molar-refractivity contribution in [2.24, 2.45) is 0 Å². The van der Waals surface area contributed by atoms with Crippen LogP contribution in [0.5, 0.6) is 0 Å². The molecule has 0 rings (SSSR count). The SMILES string of the molecule is C=C(C)C(=O)OCC(OC(=O)C(=C)C)C(COC(=O)C(=C)C)OC(=O)C(=C)C. The predicted molar refractivity (Wildman–Crippen MR) is 101 cm³/mol. The molecule has 0 amide bonds. The molecule has 0 fully saturated rings. The van der Waals surface area contributed by atoms with Crippen molar-refractivity contribution in [3.05, 3.63) is 48.6 Å². The van der Waals surface area contributed by atoms with E-state index in [-0.39, 0.29) is 22.3 Å². The molecule has 0 aromatic carbocycles. The van der Waals surface area contributed by atoms with E-state index in [1.807, 2.05) is 0 Å². The summed E-state index contributed by atoms with van der Waals surface area (Å²) in [4.78, 5) is 47.2. The maximum atomic E-state index is 11.9. The first-order valence-electron chi connectivity index (χ1n) is 8.25. The molecular weight excluding hydrogens is 368 g/mol. The lowest BCUT2D eigenvalue weighted by atomic mass is 10.2. The van der Waals surface area contributed by atoms with Gasteiger partial charge in [-0.25, -0.2) is 19.2 Å². The Kier molecular flexibility index (Phi) is 10.2. The Bertz CT molecular complexity index is 641. The monoisotopic (exact) mass is 394 g/mol. The minimum atomic E-state index is -1.27. The van der Waals surface area contributed by atoms with Crippen LogP contribution in [0.25, 0.3) is 0 Å². The van der Waals surface area contributed by atoms with Gasteiger partial charge in [-0.2, -0.15) is 0 Å². The minimum Gasteiger partial charge on any atom is -0.458 e. The van der Waals surface area contributed by atoms with Crippen LogP contribution in [0.3, 0.4) is 0 Å². The highest BCUT2D eigenvalue weighted by Gasteiger charge is 2.32. The van der Waals surface area contributed by atoms with Crippen molar-refractivity contribution >= 4 is 23.9 Å². The van der Waals surface area contributed by atoms with Gasteiger partial charge in [-0.1, -0.05) is 26.3 Å². The molecule has 0 aliphatic heterocycles. The van der Waals surface area contributed by atoms with E-state index in [0.717, 1.165) is 0 Å². The molecule has 2 unspecified atom stereocenters. The lowest BCUT2D eigenvalue weighted by Gasteiger charge is -2.26. The number of carbonyl (C=O) groups excluding carboxylic acids is 4. The molecule has 0 aliphatic rings. The van der Waals surface area contributed by atoms with E-state index in [1.54, 1.807) is 0 Å². The van der Waals surface area contributed by atoms with Gasteiger partial charge in [0.15, 0.2) is 12.2 Å². The number of hydrogen-bond donors (Lipinski definition) is 0. The first-order chi connectivity index (χ1) is 12.9. The van der Waals surface area contributed by atoms with Crippen LogP contribution >= 0.6 is 0 Å². The molecule has 28 heavy (non-hydrogen) atoms. The summed E-state index contributed by atoms with van der Waals surface area (Å²) in [5.41, 5.74) is 0.378. The van der Waals surface area contributed by atoms with Gasteiger partial charge < -0.3 is 18.9 Å². The molecule has 0 heterocycles. The fourth-order valence-electron chi connectivity index (χ4n) is 1.47. The Hall–Kier alpha value is -3.16. The third-order valence-corrected chi connectivity index (χ3v) is 3.08. The Morgan fingerprint density at radius 2 is 0.821 bits per heavy atom. The largest absolute Gasteiger partial charge is 0.458 e. The number of carbonyl (C=O) groups is 4. The summed E-state index contributed by atoms with van der Waals surface area (Å²) >= 11 is 0. The average Bonchev–Trinajstić information content (AvgIpc) is 2.60. The zero-order chi connectivity index (χ0) is 22.0. The zero-order valence-corrected chi connectivity index (χ0v) is 16.7. The summed E-state index contributed by atoms with van der Waals surface area (Å²) in [6, 6.07) is 0. The Morgan fingerprint density at radius 1 is 0.571 bits per heavy atom. The van der Waals surface area contributed by atoms with E-state index in [2.05, 4.69) is 26.3 Å². The first kappa shape index (κ1) is 24.8. The molecule has 0 bridgehead atoms. The summed E-state index contributed by atoms with van der Waals surface area (Å²) < 4.78 is 20.4. The van der Waals surface area contributed by atoms with Crippen LogP contribution in [-0.2, 0) is 38.1 Å². The molecule has 0 aromatic heterocycles. The van der Waals surface area contributed by atoms with Gasteiger partial charge in [-0.05, 0) is 27.7 Å². The predicted octanol–water partition coefficient (Wildman–Crippen LogP) is 2.20. The molecule has 0 spiro atoms. The molecule has 0 saturated carbocycles. The molecule has 8 nitrogen and oxygen atoms in total. The van der Waals surface area contributed by atoms with E-state index >= 15 is 0 Å². The number of ether oxygens (including phenoxy) is 4. The fourth-order valence-corrected chi connectivity index (χ4v) is 1.47. The molecule has 2 atom stereocenters. The third kappa shape index (κ3) is 8.98. The fraction of sp³-hybridized carbons (Fsp3) is 0.400. The summed E-state index contributed by atoms with van der Waals surface area (Å²) in [6.45, 7) is 18.6. The van der Waals surface area contributed by atoms with Gasteiger partial charge in [-0.15, -0.1) is 0 Å². The molecular formula is C20H26O8. The second kappa shape index (κ2) is 11.5. The van der Waals surface area contributed by atoms with Crippen LogP contribution in [0.2, 0.25) is 0 Å². The van der Waals surface area contributed by atoms with Gasteiger partial charge in [0.2, 0.25) is 0 Å². The average molecular weight is 394 g/mol. The van der Waals surface area contributed by atoms with Crippen LogP contribution in [0, 0.1) is 0 Å². The summed E-state index contributed by atoms with van der Waals surface area (Å²) in [7, 11) is 0. The Balaban J connectivity index is 5.58. The number of hydrogen-bond acceptors (Lipinski definition) is 8. The standard InChI is InChI=1S/C20H26O8/c1-11(2)17(21)25-9-15(27-19(23)13(5)6)16(28-20(24)14(7)8)10-26-18(22)12(3)4/h15-16H,1,3,5,7,9-10H2,2,4,6,8H3. The van der Waals surface area contributed by atoms with Gasteiger partial charge in [0.25, 0.3) is 0 Å². The van der Waals surface area contributed by atoms with Gasteiger partial charge in [0.1, 0.15) is 13.2 Å². The molecule has 0 saturated heterocycles. The van der Waals surface area contributed by atoms with E-state index in [0.29, 0.717) is 0 Å². The van der Waals surface area contributed by atoms with Gasteiger partial charge in [-0.3, -0.25) is 0 Å². The molecule has 0 N–H and O–H groups in total. The highest BCUT2D eigenvalue weighted by Crippen LogP contribution is 2.13. The molecule has 154 valence electrons. The van der Waals surface area contributed by atoms with Crippen molar-refractivity contribution in [2.45, 2.75) is 39.9 Å². The van der Waals surface area contributed by atoms with E-state index in [9.17, 15) is 19.2 Å². The zero-order valence-electron chi connectivity index (χ0n) is 16.7. The van der Waals surface area contributed by atoms with Crippen LogP contribution < -0.4 is 0 Å². The summed E-state index contributed by atoms with van der Waals surface area (Å²) in [6.07, 6.45) is -2.54. The highest BCUT2D eigenvalue weighted by atomic mass is 16.6. The van der Waals surface area contributed by atoms with Crippen molar-refractivity contribution in [3.8, 4) is 0 Å². The van der Waals surface area contributed by atoms with Crippen LogP contribution in [0.15, 0.2) is 48.6 Å². The molecule has 8 heteroatoms.